The zero-order valence-corrected chi connectivity index (χ0v) is 13.1. The number of halogens is 1. The largest absolute Gasteiger partial charge is 0.374 e. The van der Waals surface area contributed by atoms with Crippen LogP contribution in [0.2, 0.25) is 5.02 Å². The van der Waals surface area contributed by atoms with E-state index in [1.807, 2.05) is 19.1 Å². The average molecular weight is 329 g/mol. The fraction of sp³-hybridized carbons (Fsp3) is 0.250. The molecule has 1 amide bonds. The van der Waals surface area contributed by atoms with Crippen LogP contribution in [-0.2, 0) is 4.79 Å². The zero-order chi connectivity index (χ0) is 14.5. The van der Waals surface area contributed by atoms with Crippen molar-refractivity contribution in [3.63, 3.8) is 0 Å². The van der Waals surface area contributed by atoms with E-state index >= 15 is 0 Å². The van der Waals surface area contributed by atoms with Crippen molar-refractivity contribution < 1.29 is 4.79 Å². The summed E-state index contributed by atoms with van der Waals surface area (Å²) in [6, 6.07) is 7.33. The lowest BCUT2D eigenvalue weighted by molar-refractivity contribution is -0.119. The van der Waals surface area contributed by atoms with Gasteiger partial charge in [0.1, 0.15) is 0 Å². The Hall–Kier alpha value is -1.31. The van der Waals surface area contributed by atoms with E-state index in [0.29, 0.717) is 14.5 Å². The molecule has 0 radical (unpaired) electrons. The fourth-order valence-corrected chi connectivity index (χ4v) is 3.10. The summed E-state index contributed by atoms with van der Waals surface area (Å²) in [7, 11) is 0. The minimum Gasteiger partial charge on any atom is -0.374 e. The molecule has 2 rings (SSSR count). The van der Waals surface area contributed by atoms with E-state index in [0.717, 1.165) is 5.56 Å². The molecule has 0 saturated carbocycles. The molecule has 1 unspecified atom stereocenters. The summed E-state index contributed by atoms with van der Waals surface area (Å²) in [4.78, 5) is 11.8. The number of carbonyl (C=O) groups excluding carboxylic acids is 1. The molecule has 5 nitrogen and oxygen atoms in total. The Bertz CT molecular complexity index is 587. The number of nitrogens with two attached hydrogens (primary N) is 1. The first-order valence-electron chi connectivity index (χ1n) is 5.81. The van der Waals surface area contributed by atoms with Gasteiger partial charge in [-0.15, -0.1) is 10.2 Å². The zero-order valence-electron chi connectivity index (χ0n) is 10.7. The average Bonchev–Trinajstić information content (AvgIpc) is 2.83. The molecule has 0 aliphatic heterocycles. The molecule has 0 saturated heterocycles. The normalized spacial score (nSPS) is 12.1. The smallest absolute Gasteiger partial charge is 0.230 e. The molecule has 0 aliphatic rings. The van der Waals surface area contributed by atoms with Gasteiger partial charge in [-0.25, -0.2) is 0 Å². The van der Waals surface area contributed by atoms with E-state index < -0.39 is 0 Å². The van der Waals surface area contributed by atoms with E-state index in [1.54, 1.807) is 12.1 Å². The van der Waals surface area contributed by atoms with Crippen LogP contribution in [0, 0.1) is 0 Å². The summed E-state index contributed by atoms with van der Waals surface area (Å²) in [6.07, 6.45) is 0. The Morgan fingerprint density at radius 3 is 2.75 bits per heavy atom. The van der Waals surface area contributed by atoms with Crippen LogP contribution in [0.1, 0.15) is 18.5 Å². The summed E-state index contributed by atoms with van der Waals surface area (Å²) in [5.74, 6) is 0.221. The van der Waals surface area contributed by atoms with Crippen molar-refractivity contribution in [1.82, 2.24) is 15.5 Å². The monoisotopic (exact) mass is 328 g/mol. The number of benzene rings is 1. The number of carbonyl (C=O) groups is 1. The quantitative estimate of drug-likeness (QED) is 0.825. The van der Waals surface area contributed by atoms with Crippen molar-refractivity contribution >= 4 is 45.7 Å². The number of hydrogen-bond acceptors (Lipinski definition) is 6. The standard InChI is InChI=1S/C12H13ClN4OS2/c1-7(8-2-4-9(13)5-3-8)15-10(18)6-19-12-17-16-11(14)20-12/h2-5,7H,6H2,1H3,(H2,14,16)(H,15,18). The van der Waals surface area contributed by atoms with Crippen LogP contribution in [-0.4, -0.2) is 21.9 Å². The number of amides is 1. The maximum atomic E-state index is 11.8. The number of nitrogen functional groups attached to an aromatic ring is 1. The molecule has 1 aromatic carbocycles. The van der Waals surface area contributed by atoms with Gasteiger partial charge in [0.2, 0.25) is 11.0 Å². The van der Waals surface area contributed by atoms with E-state index in [2.05, 4.69) is 15.5 Å². The molecule has 0 fully saturated rings. The van der Waals surface area contributed by atoms with Crippen molar-refractivity contribution in [2.45, 2.75) is 17.3 Å². The Kier molecular flexibility index (Phi) is 5.22. The number of anilines is 1. The van der Waals surface area contributed by atoms with Gasteiger partial charge in [0.05, 0.1) is 11.8 Å². The molecule has 106 valence electrons. The van der Waals surface area contributed by atoms with Crippen LogP contribution >= 0.6 is 34.7 Å². The Morgan fingerprint density at radius 2 is 2.15 bits per heavy atom. The van der Waals surface area contributed by atoms with Crippen LogP contribution in [0.4, 0.5) is 5.13 Å². The minimum atomic E-state index is -0.0696. The van der Waals surface area contributed by atoms with Crippen molar-refractivity contribution in [2.24, 2.45) is 0 Å². The maximum absolute atomic E-state index is 11.8. The molecule has 1 aromatic heterocycles. The number of thioether (sulfide) groups is 1. The van der Waals surface area contributed by atoms with Crippen molar-refractivity contribution in [2.75, 3.05) is 11.5 Å². The molecule has 20 heavy (non-hydrogen) atoms. The predicted molar refractivity (Wildman–Crippen MR) is 83.1 cm³/mol. The van der Waals surface area contributed by atoms with E-state index in [1.165, 1.54) is 23.1 Å². The molecule has 0 spiro atoms. The number of nitrogens with zero attached hydrogens (tertiary/aromatic N) is 2. The first-order chi connectivity index (χ1) is 9.54. The highest BCUT2D eigenvalue weighted by molar-refractivity contribution is 8.01. The van der Waals surface area contributed by atoms with Gasteiger partial charge in [0, 0.05) is 5.02 Å². The van der Waals surface area contributed by atoms with Gasteiger partial charge in [0.25, 0.3) is 0 Å². The van der Waals surface area contributed by atoms with Crippen LogP contribution in [0.3, 0.4) is 0 Å². The molecule has 8 heteroatoms. The third-order valence-electron chi connectivity index (χ3n) is 2.50. The summed E-state index contributed by atoms with van der Waals surface area (Å²) >= 11 is 8.42. The molecular weight excluding hydrogens is 316 g/mol. The molecule has 0 bridgehead atoms. The molecule has 1 heterocycles. The van der Waals surface area contributed by atoms with Crippen LogP contribution in [0.25, 0.3) is 0 Å². The fourth-order valence-electron chi connectivity index (χ4n) is 1.52. The SMILES string of the molecule is CC(NC(=O)CSc1nnc(N)s1)c1ccc(Cl)cc1. The first-order valence-corrected chi connectivity index (χ1v) is 7.99. The lowest BCUT2D eigenvalue weighted by atomic mass is 10.1. The van der Waals surface area contributed by atoms with E-state index in [9.17, 15) is 4.79 Å². The Labute approximate surface area is 129 Å². The Balaban J connectivity index is 1.83. The highest BCUT2D eigenvalue weighted by Gasteiger charge is 2.11. The maximum Gasteiger partial charge on any atom is 0.230 e. The van der Waals surface area contributed by atoms with Gasteiger partial charge in [0.15, 0.2) is 4.34 Å². The number of hydrogen-bond donors (Lipinski definition) is 2. The second kappa shape index (κ2) is 6.92. The van der Waals surface area contributed by atoms with Crippen LogP contribution < -0.4 is 11.1 Å². The molecule has 2 aromatic rings. The summed E-state index contributed by atoms with van der Waals surface area (Å²) in [6.45, 7) is 1.93. The highest BCUT2D eigenvalue weighted by Crippen LogP contribution is 2.23. The number of rotatable bonds is 5. The lowest BCUT2D eigenvalue weighted by Crippen LogP contribution is -2.28. The molecule has 1 atom stereocenters. The van der Waals surface area contributed by atoms with Gasteiger partial charge >= 0.3 is 0 Å². The van der Waals surface area contributed by atoms with Gasteiger partial charge in [-0.3, -0.25) is 4.79 Å². The number of nitrogens with one attached hydrogen (secondary N) is 1. The topological polar surface area (TPSA) is 80.9 Å². The second-order valence-electron chi connectivity index (χ2n) is 4.04. The minimum absolute atomic E-state index is 0.0637. The summed E-state index contributed by atoms with van der Waals surface area (Å²) in [5, 5.41) is 11.5. The van der Waals surface area contributed by atoms with Gasteiger partial charge in [-0.2, -0.15) is 0 Å². The third-order valence-corrected chi connectivity index (χ3v) is 4.63. The second-order valence-corrected chi connectivity index (χ2v) is 6.70. The van der Waals surface area contributed by atoms with Gasteiger partial charge in [-0.05, 0) is 24.6 Å². The first kappa shape index (κ1) is 15.1. The van der Waals surface area contributed by atoms with Gasteiger partial charge in [-0.1, -0.05) is 46.8 Å². The van der Waals surface area contributed by atoms with Gasteiger partial charge < -0.3 is 11.1 Å². The molecular formula is C12H13ClN4OS2. The molecule has 3 N–H and O–H groups in total. The lowest BCUT2D eigenvalue weighted by Gasteiger charge is -2.13. The van der Waals surface area contributed by atoms with E-state index in [-0.39, 0.29) is 17.7 Å². The molecule has 0 aliphatic carbocycles. The van der Waals surface area contributed by atoms with Crippen molar-refractivity contribution in [3.8, 4) is 0 Å². The Morgan fingerprint density at radius 1 is 1.45 bits per heavy atom. The predicted octanol–water partition coefficient (Wildman–Crippen LogP) is 2.74. The van der Waals surface area contributed by atoms with Crippen molar-refractivity contribution in [1.29, 1.82) is 0 Å². The summed E-state index contributed by atoms with van der Waals surface area (Å²) < 4.78 is 0.691. The van der Waals surface area contributed by atoms with Crippen LogP contribution in [0.15, 0.2) is 28.6 Å². The van der Waals surface area contributed by atoms with Crippen LogP contribution in [0.5, 0.6) is 0 Å². The highest BCUT2D eigenvalue weighted by atomic mass is 35.5. The number of aromatic nitrogens is 2. The van der Waals surface area contributed by atoms with E-state index in [4.69, 9.17) is 17.3 Å². The van der Waals surface area contributed by atoms with Crippen molar-refractivity contribution in [3.05, 3.63) is 34.9 Å². The third kappa shape index (κ3) is 4.36. The summed E-state index contributed by atoms with van der Waals surface area (Å²) in [5.41, 5.74) is 6.48.